The summed E-state index contributed by atoms with van der Waals surface area (Å²) < 4.78 is 10.3. The van der Waals surface area contributed by atoms with Gasteiger partial charge in [-0.3, -0.25) is 4.79 Å². The molecule has 1 aliphatic rings. The quantitative estimate of drug-likeness (QED) is 0.681. The van der Waals surface area contributed by atoms with Crippen molar-refractivity contribution in [3.8, 4) is 0 Å². The number of hydrogen-bond acceptors (Lipinski definition) is 4. The van der Waals surface area contributed by atoms with E-state index in [-0.39, 0.29) is 11.8 Å². The summed E-state index contributed by atoms with van der Waals surface area (Å²) in [5, 5.41) is 6.28. The van der Waals surface area contributed by atoms with Crippen molar-refractivity contribution in [3.63, 3.8) is 0 Å². The zero-order chi connectivity index (χ0) is 14.9. The van der Waals surface area contributed by atoms with Crippen LogP contribution >= 0.6 is 0 Å². The number of anilines is 1. The summed E-state index contributed by atoms with van der Waals surface area (Å²) in [4.78, 5) is 12.2. The van der Waals surface area contributed by atoms with Gasteiger partial charge in [0.25, 0.3) is 0 Å². The normalized spacial score (nSPS) is 16.3. The number of methoxy groups -OCH3 is 1. The summed E-state index contributed by atoms with van der Waals surface area (Å²) in [6.45, 7) is 3.36. The average Bonchev–Trinajstić information content (AvgIpc) is 2.94. The maximum Gasteiger partial charge on any atom is 0.229 e. The second-order valence-electron chi connectivity index (χ2n) is 5.12. The van der Waals surface area contributed by atoms with Crippen molar-refractivity contribution in [2.75, 3.05) is 45.3 Å². The van der Waals surface area contributed by atoms with Crippen molar-refractivity contribution in [1.29, 1.82) is 0 Å². The number of amides is 1. The number of benzene rings is 1. The highest BCUT2D eigenvalue weighted by molar-refractivity contribution is 5.88. The third kappa shape index (κ3) is 4.72. The van der Waals surface area contributed by atoms with Crippen molar-refractivity contribution >= 4 is 11.6 Å². The maximum atomic E-state index is 12.2. The van der Waals surface area contributed by atoms with E-state index in [1.165, 1.54) is 0 Å². The molecule has 0 aliphatic carbocycles. The van der Waals surface area contributed by atoms with Crippen LogP contribution in [0.3, 0.4) is 0 Å². The Balaban J connectivity index is 1.61. The lowest BCUT2D eigenvalue weighted by molar-refractivity contribution is -0.122. The smallest absolute Gasteiger partial charge is 0.229 e. The third-order valence-corrected chi connectivity index (χ3v) is 3.60. The highest BCUT2D eigenvalue weighted by Gasteiger charge is 2.27. The van der Waals surface area contributed by atoms with Gasteiger partial charge >= 0.3 is 0 Å². The summed E-state index contributed by atoms with van der Waals surface area (Å²) in [5.41, 5.74) is 2.17. The van der Waals surface area contributed by atoms with Crippen LogP contribution in [0.5, 0.6) is 0 Å². The van der Waals surface area contributed by atoms with Gasteiger partial charge in [0.15, 0.2) is 0 Å². The number of nitrogens with one attached hydrogen (secondary N) is 2. The van der Waals surface area contributed by atoms with Gasteiger partial charge in [0.1, 0.15) is 0 Å². The van der Waals surface area contributed by atoms with E-state index in [4.69, 9.17) is 9.47 Å². The third-order valence-electron chi connectivity index (χ3n) is 3.60. The summed E-state index contributed by atoms with van der Waals surface area (Å²) in [6.07, 6.45) is 1.88. The van der Waals surface area contributed by atoms with Gasteiger partial charge in [-0.1, -0.05) is 18.2 Å². The van der Waals surface area contributed by atoms with Gasteiger partial charge in [-0.25, -0.2) is 0 Å². The molecule has 1 unspecified atom stereocenters. The minimum absolute atomic E-state index is 0.0702. The van der Waals surface area contributed by atoms with Crippen LogP contribution in [0.4, 0.5) is 5.69 Å². The molecule has 1 atom stereocenters. The van der Waals surface area contributed by atoms with Gasteiger partial charge in [-0.2, -0.15) is 0 Å². The number of carbonyl (C=O) groups excluding carboxylic acids is 1. The summed E-state index contributed by atoms with van der Waals surface area (Å²) in [7, 11) is 1.66. The molecule has 21 heavy (non-hydrogen) atoms. The molecule has 1 aromatic rings. The zero-order valence-electron chi connectivity index (χ0n) is 12.6. The number of para-hydroxylation sites is 1. The minimum atomic E-state index is -0.0702. The summed E-state index contributed by atoms with van der Waals surface area (Å²) in [6, 6.07) is 7.99. The Kier molecular flexibility index (Phi) is 6.50. The van der Waals surface area contributed by atoms with Crippen LogP contribution in [0, 0.1) is 0 Å². The lowest BCUT2D eigenvalue weighted by Crippen LogP contribution is -2.31. The number of rotatable bonds is 9. The molecule has 1 aromatic carbocycles. The molecule has 1 aliphatic heterocycles. The second-order valence-corrected chi connectivity index (χ2v) is 5.12. The highest BCUT2D eigenvalue weighted by atomic mass is 16.5. The second kappa shape index (κ2) is 8.64. The fourth-order valence-electron chi connectivity index (χ4n) is 2.43. The highest BCUT2D eigenvalue weighted by Crippen LogP contribution is 2.30. The molecule has 0 saturated heterocycles. The Bertz CT molecular complexity index is 451. The molecule has 2 N–H and O–H groups in total. The molecule has 0 radical (unpaired) electrons. The first-order valence-electron chi connectivity index (χ1n) is 7.50. The van der Waals surface area contributed by atoms with Gasteiger partial charge in [-0.05, 0) is 24.5 Å². The monoisotopic (exact) mass is 292 g/mol. The molecule has 1 amide bonds. The van der Waals surface area contributed by atoms with Crippen molar-refractivity contribution in [2.24, 2.45) is 0 Å². The standard InChI is InChI=1S/C16H24N2O3/c1-20-10-11-21-9-5-4-8-17-16(19)14-12-18-15-7-3-2-6-13(14)15/h2-3,6-7,14,18H,4-5,8-12H2,1H3,(H,17,19). The van der Waals surface area contributed by atoms with E-state index in [9.17, 15) is 4.79 Å². The molecule has 0 spiro atoms. The number of unbranched alkanes of at least 4 members (excludes halogenated alkanes) is 1. The molecule has 0 fully saturated rings. The summed E-state index contributed by atoms with van der Waals surface area (Å²) in [5.74, 6) is 0.0342. The largest absolute Gasteiger partial charge is 0.384 e. The van der Waals surface area contributed by atoms with Crippen molar-refractivity contribution < 1.29 is 14.3 Å². The van der Waals surface area contributed by atoms with E-state index < -0.39 is 0 Å². The first-order chi connectivity index (χ1) is 10.3. The van der Waals surface area contributed by atoms with E-state index in [2.05, 4.69) is 10.6 Å². The van der Waals surface area contributed by atoms with E-state index in [1.807, 2.05) is 24.3 Å². The van der Waals surface area contributed by atoms with Gasteiger partial charge in [0.2, 0.25) is 5.91 Å². The lowest BCUT2D eigenvalue weighted by Gasteiger charge is -2.11. The van der Waals surface area contributed by atoms with Crippen LogP contribution in [0.15, 0.2) is 24.3 Å². The van der Waals surface area contributed by atoms with Crippen LogP contribution in [0.1, 0.15) is 24.3 Å². The predicted molar refractivity (Wildman–Crippen MR) is 82.6 cm³/mol. The van der Waals surface area contributed by atoms with Crippen LogP contribution in [-0.2, 0) is 14.3 Å². The van der Waals surface area contributed by atoms with Gasteiger partial charge in [0.05, 0.1) is 19.1 Å². The summed E-state index contributed by atoms with van der Waals surface area (Å²) >= 11 is 0. The first-order valence-corrected chi connectivity index (χ1v) is 7.50. The molecular formula is C16H24N2O3. The molecule has 5 heteroatoms. The van der Waals surface area contributed by atoms with E-state index in [0.29, 0.717) is 32.9 Å². The van der Waals surface area contributed by atoms with Gasteiger partial charge in [0, 0.05) is 32.5 Å². The first kappa shape index (κ1) is 15.8. The molecular weight excluding hydrogens is 268 g/mol. The Hall–Kier alpha value is -1.59. The Morgan fingerprint density at radius 2 is 2.14 bits per heavy atom. The minimum Gasteiger partial charge on any atom is -0.384 e. The van der Waals surface area contributed by atoms with Crippen LogP contribution in [0.2, 0.25) is 0 Å². The molecule has 0 saturated carbocycles. The van der Waals surface area contributed by atoms with Gasteiger partial charge in [-0.15, -0.1) is 0 Å². The Morgan fingerprint density at radius 3 is 3.00 bits per heavy atom. The molecule has 5 nitrogen and oxygen atoms in total. The SMILES string of the molecule is COCCOCCCCNC(=O)C1CNc2ccccc21. The van der Waals surface area contributed by atoms with Crippen molar-refractivity contribution in [1.82, 2.24) is 5.32 Å². The van der Waals surface area contributed by atoms with Crippen molar-refractivity contribution in [3.05, 3.63) is 29.8 Å². The molecule has 2 rings (SSSR count). The van der Waals surface area contributed by atoms with E-state index in [0.717, 1.165) is 24.1 Å². The predicted octanol–water partition coefficient (Wildman–Crippen LogP) is 1.76. The van der Waals surface area contributed by atoms with Crippen LogP contribution < -0.4 is 10.6 Å². The topological polar surface area (TPSA) is 59.6 Å². The van der Waals surface area contributed by atoms with Crippen molar-refractivity contribution in [2.45, 2.75) is 18.8 Å². The lowest BCUT2D eigenvalue weighted by atomic mass is 10.0. The number of carbonyl (C=O) groups is 1. The number of fused-ring (bicyclic) bond motifs is 1. The number of ether oxygens (including phenoxy) is 2. The molecule has 0 bridgehead atoms. The fraction of sp³-hybridized carbons (Fsp3) is 0.562. The van der Waals surface area contributed by atoms with E-state index in [1.54, 1.807) is 7.11 Å². The molecule has 0 aromatic heterocycles. The fourth-order valence-corrected chi connectivity index (χ4v) is 2.43. The zero-order valence-corrected chi connectivity index (χ0v) is 12.6. The van der Waals surface area contributed by atoms with Crippen LogP contribution in [-0.4, -0.2) is 45.9 Å². The van der Waals surface area contributed by atoms with Crippen LogP contribution in [0.25, 0.3) is 0 Å². The van der Waals surface area contributed by atoms with Gasteiger partial charge < -0.3 is 20.1 Å². The average molecular weight is 292 g/mol. The maximum absolute atomic E-state index is 12.2. The van der Waals surface area contributed by atoms with E-state index >= 15 is 0 Å². The molecule has 116 valence electrons. The Morgan fingerprint density at radius 1 is 1.29 bits per heavy atom. The Labute approximate surface area is 126 Å². The molecule has 1 heterocycles. The number of hydrogen-bond donors (Lipinski definition) is 2.